The maximum Gasteiger partial charge on any atom is 0.272 e. The summed E-state index contributed by atoms with van der Waals surface area (Å²) in [6.07, 6.45) is 6.72. The minimum absolute atomic E-state index is 0.333. The molecule has 0 bridgehead atoms. The first-order chi connectivity index (χ1) is 15.9. The van der Waals surface area contributed by atoms with E-state index in [0.717, 1.165) is 41.8 Å². The Morgan fingerprint density at radius 1 is 0.939 bits per heavy atom. The molecule has 0 atom stereocenters. The molecule has 1 aliphatic rings. The standard InChI is InChI=1S/C24H25N5O3S/c1-29(2)17-9-5-7-15(13-17)22(31)27-28-23(32)20-18-10-3-4-11-19(18)33-24(20)26-21(30)16-8-6-12-25-14-16/h5-9,12-14H,3-4,10-11H2,1-2H3,(H,26,30)(H,27,31)(H,28,32). The minimum atomic E-state index is -0.451. The smallest absolute Gasteiger partial charge is 0.272 e. The highest BCUT2D eigenvalue weighted by atomic mass is 32.1. The van der Waals surface area contributed by atoms with Crippen LogP contribution >= 0.6 is 11.3 Å². The SMILES string of the molecule is CN(C)c1cccc(C(=O)NNC(=O)c2c(NC(=O)c3cccnc3)sc3c2CCCC3)c1. The minimum Gasteiger partial charge on any atom is -0.378 e. The Morgan fingerprint density at radius 3 is 2.45 bits per heavy atom. The highest BCUT2D eigenvalue weighted by Gasteiger charge is 2.27. The number of carbonyl (C=O) groups excluding carboxylic acids is 3. The summed E-state index contributed by atoms with van der Waals surface area (Å²) in [5.74, 6) is -1.20. The maximum atomic E-state index is 13.1. The molecule has 0 saturated carbocycles. The molecule has 3 N–H and O–H groups in total. The normalized spacial score (nSPS) is 12.4. The molecule has 3 aromatic rings. The van der Waals surface area contributed by atoms with Crippen LogP contribution in [0.2, 0.25) is 0 Å². The first-order valence-electron chi connectivity index (χ1n) is 10.7. The van der Waals surface area contributed by atoms with Gasteiger partial charge in [0.05, 0.1) is 11.1 Å². The third kappa shape index (κ3) is 5.04. The fourth-order valence-electron chi connectivity index (χ4n) is 3.74. The van der Waals surface area contributed by atoms with Crippen molar-refractivity contribution in [2.45, 2.75) is 25.7 Å². The van der Waals surface area contributed by atoms with Gasteiger partial charge in [-0.2, -0.15) is 0 Å². The van der Waals surface area contributed by atoms with Crippen LogP contribution in [0.25, 0.3) is 0 Å². The molecule has 33 heavy (non-hydrogen) atoms. The van der Waals surface area contributed by atoms with Crippen molar-refractivity contribution in [3.8, 4) is 0 Å². The molecular formula is C24H25N5O3S. The van der Waals surface area contributed by atoms with Gasteiger partial charge in [-0.05, 0) is 61.6 Å². The van der Waals surface area contributed by atoms with E-state index < -0.39 is 11.8 Å². The molecule has 0 spiro atoms. The van der Waals surface area contributed by atoms with Crippen LogP contribution in [0.15, 0.2) is 48.8 Å². The van der Waals surface area contributed by atoms with Crippen LogP contribution in [0.1, 0.15) is 54.4 Å². The van der Waals surface area contributed by atoms with Crippen molar-refractivity contribution < 1.29 is 14.4 Å². The molecule has 2 aromatic heterocycles. The van der Waals surface area contributed by atoms with Crippen LogP contribution in [-0.4, -0.2) is 36.8 Å². The lowest BCUT2D eigenvalue weighted by Gasteiger charge is -2.15. The number of nitrogens with one attached hydrogen (secondary N) is 3. The Labute approximate surface area is 196 Å². The van der Waals surface area contributed by atoms with Gasteiger partial charge in [0.25, 0.3) is 17.7 Å². The summed E-state index contributed by atoms with van der Waals surface area (Å²) < 4.78 is 0. The molecule has 2 heterocycles. The molecule has 9 heteroatoms. The van der Waals surface area contributed by atoms with Crippen molar-refractivity contribution in [2.24, 2.45) is 0 Å². The fourth-order valence-corrected chi connectivity index (χ4v) is 5.02. The lowest BCUT2D eigenvalue weighted by atomic mass is 9.95. The lowest BCUT2D eigenvalue weighted by Crippen LogP contribution is -2.42. The van der Waals surface area contributed by atoms with Crippen LogP contribution < -0.4 is 21.1 Å². The summed E-state index contributed by atoms with van der Waals surface area (Å²) in [5, 5.41) is 3.35. The molecule has 8 nitrogen and oxygen atoms in total. The predicted molar refractivity (Wildman–Crippen MR) is 129 cm³/mol. The molecule has 170 valence electrons. The number of thiophene rings is 1. The summed E-state index contributed by atoms with van der Waals surface area (Å²) >= 11 is 1.42. The summed E-state index contributed by atoms with van der Waals surface area (Å²) in [4.78, 5) is 45.4. The van der Waals surface area contributed by atoms with Crippen LogP contribution in [-0.2, 0) is 12.8 Å². The second-order valence-electron chi connectivity index (χ2n) is 7.96. The largest absolute Gasteiger partial charge is 0.378 e. The third-order valence-corrected chi connectivity index (χ3v) is 6.67. The van der Waals surface area contributed by atoms with Gasteiger partial charge >= 0.3 is 0 Å². The molecule has 3 amide bonds. The molecular weight excluding hydrogens is 438 g/mol. The zero-order valence-corrected chi connectivity index (χ0v) is 19.3. The number of rotatable bonds is 5. The third-order valence-electron chi connectivity index (χ3n) is 5.46. The van der Waals surface area contributed by atoms with E-state index in [1.165, 1.54) is 17.5 Å². The molecule has 0 aliphatic heterocycles. The van der Waals surface area contributed by atoms with Gasteiger partial charge in [0, 0.05) is 42.6 Å². The zero-order chi connectivity index (χ0) is 23.4. The van der Waals surface area contributed by atoms with E-state index in [0.29, 0.717) is 21.7 Å². The van der Waals surface area contributed by atoms with Gasteiger partial charge in [-0.1, -0.05) is 6.07 Å². The van der Waals surface area contributed by atoms with Crippen molar-refractivity contribution in [3.05, 3.63) is 75.9 Å². The van der Waals surface area contributed by atoms with Gasteiger partial charge in [0.15, 0.2) is 0 Å². The lowest BCUT2D eigenvalue weighted by molar-refractivity contribution is 0.0846. The number of hydrogen-bond acceptors (Lipinski definition) is 6. The number of aromatic nitrogens is 1. The van der Waals surface area contributed by atoms with E-state index in [9.17, 15) is 14.4 Å². The van der Waals surface area contributed by atoms with Crippen molar-refractivity contribution in [1.82, 2.24) is 15.8 Å². The average Bonchev–Trinajstić information content (AvgIpc) is 3.20. The van der Waals surface area contributed by atoms with Crippen molar-refractivity contribution in [1.29, 1.82) is 0 Å². The number of aryl methyl sites for hydroxylation is 1. The second kappa shape index (κ2) is 9.83. The summed E-state index contributed by atoms with van der Waals surface area (Å²) in [5.41, 5.74) is 8.09. The quantitative estimate of drug-likeness (QED) is 0.503. The molecule has 0 unspecified atom stereocenters. The maximum absolute atomic E-state index is 13.1. The number of carbonyl (C=O) groups is 3. The first kappa shape index (κ1) is 22.5. The fraction of sp³-hybridized carbons (Fsp3) is 0.250. The summed E-state index contributed by atoms with van der Waals surface area (Å²) in [6, 6.07) is 10.5. The van der Waals surface area contributed by atoms with Gasteiger partial charge in [-0.25, -0.2) is 0 Å². The number of benzene rings is 1. The van der Waals surface area contributed by atoms with Crippen molar-refractivity contribution in [2.75, 3.05) is 24.3 Å². The summed E-state index contributed by atoms with van der Waals surface area (Å²) in [6.45, 7) is 0. The molecule has 1 aliphatic carbocycles. The first-order valence-corrected chi connectivity index (χ1v) is 11.5. The van der Waals surface area contributed by atoms with Crippen molar-refractivity contribution >= 4 is 39.7 Å². The monoisotopic (exact) mass is 463 g/mol. The van der Waals surface area contributed by atoms with Crippen LogP contribution in [0, 0.1) is 0 Å². The van der Waals surface area contributed by atoms with Crippen LogP contribution in [0.5, 0.6) is 0 Å². The van der Waals surface area contributed by atoms with E-state index in [4.69, 9.17) is 0 Å². The Bertz CT molecular complexity index is 1190. The average molecular weight is 464 g/mol. The highest BCUT2D eigenvalue weighted by molar-refractivity contribution is 7.17. The Kier molecular flexibility index (Phi) is 6.69. The summed E-state index contributed by atoms with van der Waals surface area (Å²) in [7, 11) is 3.78. The van der Waals surface area contributed by atoms with Crippen LogP contribution in [0.3, 0.4) is 0 Å². The highest BCUT2D eigenvalue weighted by Crippen LogP contribution is 2.38. The topological polar surface area (TPSA) is 103 Å². The van der Waals surface area contributed by atoms with Gasteiger partial charge in [0.1, 0.15) is 5.00 Å². The van der Waals surface area contributed by atoms with E-state index in [2.05, 4.69) is 21.2 Å². The van der Waals surface area contributed by atoms with Crippen LogP contribution in [0.4, 0.5) is 10.7 Å². The molecule has 0 fully saturated rings. The number of anilines is 2. The van der Waals surface area contributed by atoms with E-state index in [1.54, 1.807) is 36.5 Å². The van der Waals surface area contributed by atoms with Crippen molar-refractivity contribution in [3.63, 3.8) is 0 Å². The van der Waals surface area contributed by atoms with Gasteiger partial charge in [0.2, 0.25) is 0 Å². The van der Waals surface area contributed by atoms with E-state index in [1.807, 2.05) is 25.1 Å². The zero-order valence-electron chi connectivity index (χ0n) is 18.5. The predicted octanol–water partition coefficient (Wildman–Crippen LogP) is 3.42. The molecule has 0 radical (unpaired) electrons. The Morgan fingerprint density at radius 2 is 1.70 bits per heavy atom. The Balaban J connectivity index is 1.53. The number of hydrazine groups is 1. The molecule has 0 saturated heterocycles. The number of hydrogen-bond donors (Lipinski definition) is 3. The van der Waals surface area contributed by atoms with Gasteiger partial charge < -0.3 is 10.2 Å². The molecule has 4 rings (SSSR count). The number of nitrogens with zero attached hydrogens (tertiary/aromatic N) is 2. The Hall–Kier alpha value is -3.72. The van der Waals surface area contributed by atoms with E-state index in [-0.39, 0.29) is 5.91 Å². The van der Waals surface area contributed by atoms with Gasteiger partial charge in [-0.15, -0.1) is 11.3 Å². The molecule has 1 aromatic carbocycles. The van der Waals surface area contributed by atoms with Gasteiger partial charge in [-0.3, -0.25) is 30.2 Å². The number of pyridine rings is 1. The second-order valence-corrected chi connectivity index (χ2v) is 9.07. The van der Waals surface area contributed by atoms with E-state index >= 15 is 0 Å². The number of fused-ring (bicyclic) bond motifs is 1. The number of amides is 3.